The summed E-state index contributed by atoms with van der Waals surface area (Å²) in [5.41, 5.74) is 2.23. The van der Waals surface area contributed by atoms with Gasteiger partial charge in [0.25, 0.3) is 5.91 Å². The number of ether oxygens (including phenoxy) is 1. The highest BCUT2D eigenvalue weighted by molar-refractivity contribution is 5.96. The van der Waals surface area contributed by atoms with Crippen molar-refractivity contribution in [2.24, 2.45) is 0 Å². The van der Waals surface area contributed by atoms with E-state index in [0.29, 0.717) is 31.0 Å². The molecule has 3 aromatic rings. The van der Waals surface area contributed by atoms with E-state index in [-0.39, 0.29) is 24.1 Å². The van der Waals surface area contributed by atoms with Crippen LogP contribution in [0.3, 0.4) is 0 Å². The third-order valence-electron chi connectivity index (χ3n) is 5.39. The molecule has 2 aromatic heterocycles. The molecule has 1 saturated heterocycles. The van der Waals surface area contributed by atoms with E-state index in [4.69, 9.17) is 9.37 Å². The number of benzene rings is 1. The van der Waals surface area contributed by atoms with Gasteiger partial charge in [-0.1, -0.05) is 23.4 Å². The van der Waals surface area contributed by atoms with Crippen LogP contribution < -0.4 is 10.1 Å². The zero-order chi connectivity index (χ0) is 22.3. The smallest absolute Gasteiger partial charge is 0.279 e. The molecule has 0 spiro atoms. The van der Waals surface area contributed by atoms with Gasteiger partial charge in [0, 0.05) is 19.3 Å². The zero-order valence-electron chi connectivity index (χ0n) is 17.9. The first kappa shape index (κ1) is 21.5. The zero-order valence-corrected chi connectivity index (χ0v) is 17.9. The number of carbonyl (C=O) groups is 2. The Balaban J connectivity index is 1.50. The van der Waals surface area contributed by atoms with Crippen molar-refractivity contribution in [1.82, 2.24) is 25.5 Å². The number of nitrogens with one attached hydrogen (secondary N) is 1. The summed E-state index contributed by atoms with van der Waals surface area (Å²) in [4.78, 5) is 31.7. The third kappa shape index (κ3) is 5.11. The van der Waals surface area contributed by atoms with Crippen molar-refractivity contribution < 1.29 is 19.0 Å². The molecule has 1 aliphatic rings. The fourth-order valence-corrected chi connectivity index (χ4v) is 3.63. The van der Waals surface area contributed by atoms with Crippen molar-refractivity contribution in [1.29, 1.82) is 0 Å². The molecular formula is C23H25N5O4. The number of aryl methyl sites for hydroxylation is 1. The van der Waals surface area contributed by atoms with E-state index in [1.54, 1.807) is 18.0 Å². The molecule has 1 aliphatic heterocycles. The lowest BCUT2D eigenvalue weighted by atomic mass is 10.1. The van der Waals surface area contributed by atoms with Gasteiger partial charge in [-0.05, 0) is 61.2 Å². The second kappa shape index (κ2) is 10.0. The molecule has 1 N–H and O–H groups in total. The van der Waals surface area contributed by atoms with Crippen LogP contribution in [0.25, 0.3) is 0 Å². The van der Waals surface area contributed by atoms with Gasteiger partial charge in [-0.15, -0.1) is 0 Å². The van der Waals surface area contributed by atoms with Gasteiger partial charge >= 0.3 is 0 Å². The average molecular weight is 435 g/mol. The lowest BCUT2D eigenvalue weighted by molar-refractivity contribution is -0.125. The summed E-state index contributed by atoms with van der Waals surface area (Å²) in [5.74, 6) is 0.169. The first-order chi connectivity index (χ1) is 15.6. The minimum atomic E-state index is -0.582. The molecule has 1 aromatic carbocycles. The van der Waals surface area contributed by atoms with Crippen LogP contribution in [-0.4, -0.2) is 44.6 Å². The van der Waals surface area contributed by atoms with Gasteiger partial charge in [0.15, 0.2) is 5.69 Å². The number of nitrogens with zero attached hydrogens (tertiary/aromatic N) is 4. The first-order valence-corrected chi connectivity index (χ1v) is 10.6. The second-order valence-electron chi connectivity index (χ2n) is 7.69. The van der Waals surface area contributed by atoms with Gasteiger partial charge in [-0.3, -0.25) is 14.6 Å². The topological polar surface area (TPSA) is 110 Å². The Morgan fingerprint density at radius 3 is 2.75 bits per heavy atom. The van der Waals surface area contributed by atoms with Gasteiger partial charge in [0.1, 0.15) is 24.1 Å². The summed E-state index contributed by atoms with van der Waals surface area (Å²) < 4.78 is 10.5. The van der Waals surface area contributed by atoms with Crippen LogP contribution in [0.15, 0.2) is 53.3 Å². The van der Waals surface area contributed by atoms with Crippen LogP contribution in [0.2, 0.25) is 0 Å². The normalized spacial score (nSPS) is 16.2. The Bertz CT molecular complexity index is 1050. The summed E-state index contributed by atoms with van der Waals surface area (Å²) in [5, 5.41) is 10.4. The summed E-state index contributed by atoms with van der Waals surface area (Å²) in [6.45, 7) is 2.89. The van der Waals surface area contributed by atoms with Crippen molar-refractivity contribution in [3.63, 3.8) is 0 Å². The molecule has 0 aliphatic carbocycles. The van der Waals surface area contributed by atoms with Crippen molar-refractivity contribution in [2.45, 2.75) is 45.4 Å². The minimum absolute atomic E-state index is 0.123. The van der Waals surface area contributed by atoms with Crippen LogP contribution in [0, 0.1) is 6.92 Å². The van der Waals surface area contributed by atoms with Crippen molar-refractivity contribution in [3.05, 3.63) is 71.3 Å². The predicted octanol–water partition coefficient (Wildman–Crippen LogP) is 2.66. The van der Waals surface area contributed by atoms with Gasteiger partial charge in [-0.25, -0.2) is 4.63 Å². The summed E-state index contributed by atoms with van der Waals surface area (Å²) >= 11 is 0. The lowest BCUT2D eigenvalue weighted by Gasteiger charge is -2.29. The molecule has 2 amide bonds. The van der Waals surface area contributed by atoms with Gasteiger partial charge in [-0.2, -0.15) is 0 Å². The Kier molecular flexibility index (Phi) is 6.74. The molecule has 4 rings (SSSR count). The van der Waals surface area contributed by atoms with Crippen LogP contribution in [-0.2, 0) is 17.9 Å². The molecule has 0 saturated carbocycles. The van der Waals surface area contributed by atoms with Crippen LogP contribution in [0.5, 0.6) is 5.75 Å². The predicted molar refractivity (Wildman–Crippen MR) is 115 cm³/mol. The van der Waals surface area contributed by atoms with E-state index >= 15 is 0 Å². The Morgan fingerprint density at radius 2 is 2.03 bits per heavy atom. The molecule has 0 bridgehead atoms. The van der Waals surface area contributed by atoms with E-state index < -0.39 is 6.04 Å². The molecule has 1 fully saturated rings. The summed E-state index contributed by atoms with van der Waals surface area (Å²) in [6, 6.07) is 12.5. The highest BCUT2D eigenvalue weighted by atomic mass is 16.6. The van der Waals surface area contributed by atoms with Crippen molar-refractivity contribution in [3.8, 4) is 5.75 Å². The fraction of sp³-hybridized carbons (Fsp3) is 0.348. The van der Waals surface area contributed by atoms with E-state index in [1.165, 1.54) is 0 Å². The maximum atomic E-state index is 13.3. The van der Waals surface area contributed by atoms with E-state index in [0.717, 1.165) is 24.1 Å². The number of rotatable bonds is 7. The van der Waals surface area contributed by atoms with Crippen molar-refractivity contribution in [2.75, 3.05) is 6.54 Å². The number of pyridine rings is 1. The van der Waals surface area contributed by atoms with Gasteiger partial charge in [0.2, 0.25) is 5.91 Å². The van der Waals surface area contributed by atoms with E-state index in [9.17, 15) is 9.59 Å². The molecule has 1 atom stereocenters. The Hall–Kier alpha value is -3.75. The number of carbonyl (C=O) groups excluding carboxylic acids is 2. The van der Waals surface area contributed by atoms with Crippen LogP contribution >= 0.6 is 0 Å². The minimum Gasteiger partial charge on any atom is -0.487 e. The highest BCUT2D eigenvalue weighted by Gasteiger charge is 2.33. The highest BCUT2D eigenvalue weighted by Crippen LogP contribution is 2.21. The summed E-state index contributed by atoms with van der Waals surface area (Å²) in [6.07, 6.45) is 4.05. The molecule has 9 heteroatoms. The molecule has 0 radical (unpaired) electrons. The van der Waals surface area contributed by atoms with E-state index in [1.807, 2.05) is 42.5 Å². The number of amides is 2. The molecule has 32 heavy (non-hydrogen) atoms. The first-order valence-electron chi connectivity index (χ1n) is 10.6. The number of aromatic nitrogens is 3. The molecule has 9 nitrogen and oxygen atoms in total. The fourth-order valence-electron chi connectivity index (χ4n) is 3.63. The Morgan fingerprint density at radius 1 is 1.19 bits per heavy atom. The van der Waals surface area contributed by atoms with Crippen molar-refractivity contribution >= 4 is 11.8 Å². The standard InChI is InChI=1S/C23H25N5O4/c1-16-21(27-32-26-16)23(30)28(20-7-3-5-13-25-22(20)29)14-17-8-10-19(11-9-17)31-15-18-6-2-4-12-24-18/h2,4,6,8-12,20H,3,5,7,13-15H2,1H3,(H,25,29)/t20-/m0/s1. The maximum Gasteiger partial charge on any atom is 0.279 e. The average Bonchev–Trinajstić information content (AvgIpc) is 3.14. The lowest BCUT2D eigenvalue weighted by Crippen LogP contribution is -2.48. The molecule has 0 unspecified atom stereocenters. The number of hydrogen-bond acceptors (Lipinski definition) is 7. The Labute approximate surface area is 185 Å². The molecular weight excluding hydrogens is 410 g/mol. The molecule has 166 valence electrons. The number of hydrogen-bond donors (Lipinski definition) is 1. The van der Waals surface area contributed by atoms with Gasteiger partial charge in [0.05, 0.1) is 5.69 Å². The quantitative estimate of drug-likeness (QED) is 0.607. The summed E-state index contributed by atoms with van der Waals surface area (Å²) in [7, 11) is 0. The largest absolute Gasteiger partial charge is 0.487 e. The van der Waals surface area contributed by atoms with E-state index in [2.05, 4.69) is 20.6 Å². The van der Waals surface area contributed by atoms with Gasteiger partial charge < -0.3 is 15.0 Å². The SMILES string of the molecule is Cc1nonc1C(=O)N(Cc1ccc(OCc2ccccn2)cc1)[C@H]1CCCCNC1=O. The molecule has 3 heterocycles. The third-order valence-corrected chi connectivity index (χ3v) is 5.39. The second-order valence-corrected chi connectivity index (χ2v) is 7.69. The monoisotopic (exact) mass is 435 g/mol. The van der Waals surface area contributed by atoms with Crippen LogP contribution in [0.4, 0.5) is 0 Å². The van der Waals surface area contributed by atoms with Crippen LogP contribution in [0.1, 0.15) is 46.7 Å². The maximum absolute atomic E-state index is 13.3.